The number of aryl methyl sites for hydroxylation is 1. The second-order valence-electron chi connectivity index (χ2n) is 3.96. The third-order valence-corrected chi connectivity index (χ3v) is 2.57. The molecule has 4 heteroatoms. The lowest BCUT2D eigenvalue weighted by molar-refractivity contribution is -0.139. The van der Waals surface area contributed by atoms with Gasteiger partial charge in [0.1, 0.15) is 11.9 Å². The summed E-state index contributed by atoms with van der Waals surface area (Å²) in [6, 6.07) is 4.07. The summed E-state index contributed by atoms with van der Waals surface area (Å²) in [6.45, 7) is 5.06. The summed E-state index contributed by atoms with van der Waals surface area (Å²) in [4.78, 5) is 10.7. The van der Waals surface area contributed by atoms with E-state index in [4.69, 9.17) is 5.11 Å². The predicted molar refractivity (Wildman–Crippen MR) is 59.8 cm³/mol. The van der Waals surface area contributed by atoms with Crippen molar-refractivity contribution in [2.45, 2.75) is 32.9 Å². The number of carboxylic acid groups (broad SMARTS) is 1. The molecule has 0 spiro atoms. The summed E-state index contributed by atoms with van der Waals surface area (Å²) in [6.07, 6.45) is 0. The van der Waals surface area contributed by atoms with Crippen LogP contribution in [0, 0.1) is 12.7 Å². The SMILES string of the molecule is Cc1ccc(C(C)NC(C)C(=O)O)cc1F. The van der Waals surface area contributed by atoms with Gasteiger partial charge < -0.3 is 5.11 Å². The van der Waals surface area contributed by atoms with Crippen molar-refractivity contribution in [1.29, 1.82) is 0 Å². The molecule has 0 saturated heterocycles. The van der Waals surface area contributed by atoms with Crippen LogP contribution in [0.3, 0.4) is 0 Å². The van der Waals surface area contributed by atoms with E-state index in [1.54, 1.807) is 26.0 Å². The fraction of sp³-hybridized carbons (Fsp3) is 0.417. The van der Waals surface area contributed by atoms with Gasteiger partial charge in [0.05, 0.1) is 0 Å². The maximum atomic E-state index is 13.3. The highest BCUT2D eigenvalue weighted by atomic mass is 19.1. The summed E-state index contributed by atoms with van der Waals surface area (Å²) in [5.74, 6) is -1.19. The van der Waals surface area contributed by atoms with E-state index in [-0.39, 0.29) is 11.9 Å². The molecule has 1 aromatic rings. The topological polar surface area (TPSA) is 49.3 Å². The molecule has 16 heavy (non-hydrogen) atoms. The van der Waals surface area contributed by atoms with Crippen molar-refractivity contribution in [3.8, 4) is 0 Å². The van der Waals surface area contributed by atoms with E-state index < -0.39 is 12.0 Å². The van der Waals surface area contributed by atoms with Gasteiger partial charge in [-0.05, 0) is 38.0 Å². The molecule has 0 bridgehead atoms. The number of halogens is 1. The molecule has 0 saturated carbocycles. The molecule has 0 aliphatic heterocycles. The van der Waals surface area contributed by atoms with E-state index in [1.807, 2.05) is 6.92 Å². The Hall–Kier alpha value is -1.42. The molecular weight excluding hydrogens is 209 g/mol. The van der Waals surface area contributed by atoms with E-state index in [1.165, 1.54) is 6.07 Å². The summed E-state index contributed by atoms with van der Waals surface area (Å²) in [7, 11) is 0. The van der Waals surface area contributed by atoms with Crippen molar-refractivity contribution >= 4 is 5.97 Å². The summed E-state index contributed by atoms with van der Waals surface area (Å²) in [5.41, 5.74) is 1.33. The molecule has 0 aliphatic carbocycles. The molecule has 0 heterocycles. The largest absolute Gasteiger partial charge is 0.480 e. The van der Waals surface area contributed by atoms with E-state index in [0.717, 1.165) is 5.56 Å². The van der Waals surface area contributed by atoms with E-state index in [2.05, 4.69) is 5.32 Å². The maximum absolute atomic E-state index is 13.3. The molecule has 3 nitrogen and oxygen atoms in total. The van der Waals surface area contributed by atoms with Crippen LogP contribution in [-0.4, -0.2) is 17.1 Å². The van der Waals surface area contributed by atoms with Gasteiger partial charge in [0.2, 0.25) is 0 Å². The fourth-order valence-electron chi connectivity index (χ4n) is 1.42. The second kappa shape index (κ2) is 5.07. The molecule has 0 fully saturated rings. The molecular formula is C12H16FNO2. The second-order valence-corrected chi connectivity index (χ2v) is 3.96. The highest BCUT2D eigenvalue weighted by Crippen LogP contribution is 2.16. The summed E-state index contributed by atoms with van der Waals surface area (Å²) < 4.78 is 13.3. The Labute approximate surface area is 94.3 Å². The van der Waals surface area contributed by atoms with Crippen LogP contribution in [0.15, 0.2) is 18.2 Å². The molecule has 0 amide bonds. The van der Waals surface area contributed by atoms with Crippen LogP contribution < -0.4 is 5.32 Å². The van der Waals surface area contributed by atoms with Crippen LogP contribution in [0.5, 0.6) is 0 Å². The van der Waals surface area contributed by atoms with Gasteiger partial charge >= 0.3 is 5.97 Å². The number of carboxylic acids is 1. The van der Waals surface area contributed by atoms with E-state index in [0.29, 0.717) is 5.56 Å². The number of hydrogen-bond donors (Lipinski definition) is 2. The van der Waals surface area contributed by atoms with Crippen molar-refractivity contribution in [3.63, 3.8) is 0 Å². The number of benzene rings is 1. The first-order chi connectivity index (χ1) is 7.41. The molecule has 88 valence electrons. The van der Waals surface area contributed by atoms with Gasteiger partial charge in [0.25, 0.3) is 0 Å². The smallest absolute Gasteiger partial charge is 0.320 e. The average molecular weight is 225 g/mol. The molecule has 2 atom stereocenters. The lowest BCUT2D eigenvalue weighted by Gasteiger charge is -2.17. The molecule has 0 aromatic heterocycles. The molecule has 2 unspecified atom stereocenters. The van der Waals surface area contributed by atoms with Gasteiger partial charge in [0.15, 0.2) is 0 Å². The van der Waals surface area contributed by atoms with Crippen molar-refractivity contribution in [2.24, 2.45) is 0 Å². The average Bonchev–Trinajstić information content (AvgIpc) is 2.21. The Morgan fingerprint density at radius 2 is 2.06 bits per heavy atom. The van der Waals surface area contributed by atoms with Crippen LogP contribution in [0.2, 0.25) is 0 Å². The zero-order chi connectivity index (χ0) is 12.3. The minimum atomic E-state index is -0.917. The zero-order valence-corrected chi connectivity index (χ0v) is 9.62. The Morgan fingerprint density at radius 1 is 1.44 bits per heavy atom. The number of hydrogen-bond acceptors (Lipinski definition) is 2. The maximum Gasteiger partial charge on any atom is 0.320 e. The van der Waals surface area contributed by atoms with Crippen LogP contribution in [0.1, 0.15) is 31.0 Å². The van der Waals surface area contributed by atoms with Gasteiger partial charge in [-0.3, -0.25) is 10.1 Å². The number of rotatable bonds is 4. The predicted octanol–water partition coefficient (Wildman–Crippen LogP) is 2.26. The molecule has 0 aliphatic rings. The van der Waals surface area contributed by atoms with Gasteiger partial charge in [-0.25, -0.2) is 4.39 Å². The van der Waals surface area contributed by atoms with Crippen molar-refractivity contribution in [3.05, 3.63) is 35.1 Å². The third kappa shape index (κ3) is 3.03. The molecule has 1 rings (SSSR count). The normalized spacial score (nSPS) is 14.5. The standard InChI is InChI=1S/C12H16FNO2/c1-7-4-5-10(6-11(7)13)8(2)14-9(3)12(15)16/h4-6,8-9,14H,1-3H3,(H,15,16). The lowest BCUT2D eigenvalue weighted by atomic mass is 10.1. The fourth-order valence-corrected chi connectivity index (χ4v) is 1.42. The Kier molecular flexibility index (Phi) is 4.01. The molecule has 1 aromatic carbocycles. The monoisotopic (exact) mass is 225 g/mol. The van der Waals surface area contributed by atoms with Gasteiger partial charge in [-0.2, -0.15) is 0 Å². The van der Waals surface area contributed by atoms with Crippen molar-refractivity contribution < 1.29 is 14.3 Å². The minimum Gasteiger partial charge on any atom is -0.480 e. The lowest BCUT2D eigenvalue weighted by Crippen LogP contribution is -2.35. The summed E-state index contributed by atoms with van der Waals surface area (Å²) in [5, 5.41) is 11.6. The Balaban J connectivity index is 2.76. The van der Waals surface area contributed by atoms with Crippen LogP contribution in [0.4, 0.5) is 4.39 Å². The van der Waals surface area contributed by atoms with E-state index >= 15 is 0 Å². The highest BCUT2D eigenvalue weighted by Gasteiger charge is 2.15. The number of nitrogens with one attached hydrogen (secondary N) is 1. The molecule has 0 radical (unpaired) electrons. The quantitative estimate of drug-likeness (QED) is 0.826. The van der Waals surface area contributed by atoms with E-state index in [9.17, 15) is 9.18 Å². The third-order valence-electron chi connectivity index (χ3n) is 2.57. The van der Waals surface area contributed by atoms with Crippen molar-refractivity contribution in [1.82, 2.24) is 5.32 Å². The first-order valence-corrected chi connectivity index (χ1v) is 5.16. The Bertz CT molecular complexity index is 393. The first kappa shape index (κ1) is 12.6. The summed E-state index contributed by atoms with van der Waals surface area (Å²) >= 11 is 0. The van der Waals surface area contributed by atoms with Crippen LogP contribution >= 0.6 is 0 Å². The van der Waals surface area contributed by atoms with Gasteiger partial charge in [0, 0.05) is 6.04 Å². The first-order valence-electron chi connectivity index (χ1n) is 5.16. The Morgan fingerprint density at radius 3 is 2.56 bits per heavy atom. The van der Waals surface area contributed by atoms with Crippen LogP contribution in [-0.2, 0) is 4.79 Å². The van der Waals surface area contributed by atoms with Gasteiger partial charge in [-0.15, -0.1) is 0 Å². The highest BCUT2D eigenvalue weighted by molar-refractivity contribution is 5.72. The van der Waals surface area contributed by atoms with Gasteiger partial charge in [-0.1, -0.05) is 12.1 Å². The van der Waals surface area contributed by atoms with Crippen LogP contribution in [0.25, 0.3) is 0 Å². The van der Waals surface area contributed by atoms with Crippen molar-refractivity contribution in [2.75, 3.05) is 0 Å². The molecule has 2 N–H and O–H groups in total. The number of carbonyl (C=O) groups is 1. The zero-order valence-electron chi connectivity index (χ0n) is 9.62. The number of aliphatic carboxylic acids is 1. The minimum absolute atomic E-state index is 0.193.